The molecule has 0 fully saturated rings. The van der Waals surface area contributed by atoms with Gasteiger partial charge in [-0.1, -0.05) is 50.2 Å². The van der Waals surface area contributed by atoms with Gasteiger partial charge in [0.2, 0.25) is 5.91 Å². The summed E-state index contributed by atoms with van der Waals surface area (Å²) >= 11 is 0. The summed E-state index contributed by atoms with van der Waals surface area (Å²) in [5, 5.41) is 6.01. The fraction of sp³-hybridized carbons (Fsp3) is 0.350. The summed E-state index contributed by atoms with van der Waals surface area (Å²) in [6.45, 7) is 5.03. The Morgan fingerprint density at radius 1 is 1.08 bits per heavy atom. The van der Waals surface area contributed by atoms with Gasteiger partial charge in [-0.25, -0.2) is 0 Å². The Hall–Kier alpha value is -2.34. The van der Waals surface area contributed by atoms with Crippen molar-refractivity contribution in [2.75, 3.05) is 11.9 Å². The lowest BCUT2D eigenvalue weighted by Crippen LogP contribution is -2.19. The molecule has 0 saturated carbocycles. The van der Waals surface area contributed by atoms with Gasteiger partial charge in [-0.05, 0) is 35.7 Å². The highest BCUT2D eigenvalue weighted by Crippen LogP contribution is 2.36. The number of rotatable bonds is 7. The van der Waals surface area contributed by atoms with Crippen LogP contribution in [-0.2, 0) is 17.5 Å². The molecule has 2 N–H and O–H groups in total. The third kappa shape index (κ3) is 5.33. The second-order valence-electron chi connectivity index (χ2n) is 6.18. The molecule has 2 aromatic rings. The molecule has 0 aliphatic heterocycles. The third-order valence-corrected chi connectivity index (χ3v) is 4.15. The monoisotopic (exact) mass is 364 g/mol. The molecule has 6 heteroatoms. The molecule has 0 radical (unpaired) electrons. The zero-order valence-electron chi connectivity index (χ0n) is 14.9. The predicted octanol–water partition coefficient (Wildman–Crippen LogP) is 4.95. The van der Waals surface area contributed by atoms with Gasteiger partial charge in [0.05, 0.1) is 5.56 Å². The molecule has 26 heavy (non-hydrogen) atoms. The number of carbonyl (C=O) groups is 1. The average Bonchev–Trinajstić information content (AvgIpc) is 2.60. The fourth-order valence-electron chi connectivity index (χ4n) is 2.83. The van der Waals surface area contributed by atoms with Gasteiger partial charge in [-0.15, -0.1) is 0 Å². The normalized spacial score (nSPS) is 12.7. The van der Waals surface area contributed by atoms with Crippen molar-refractivity contribution < 1.29 is 18.0 Å². The molecular formula is C20H23F3N2O. The van der Waals surface area contributed by atoms with E-state index < -0.39 is 17.7 Å². The molecule has 140 valence electrons. The van der Waals surface area contributed by atoms with E-state index in [0.29, 0.717) is 12.2 Å². The van der Waals surface area contributed by atoms with E-state index in [1.54, 1.807) is 19.1 Å². The Bertz CT molecular complexity index is 744. The minimum atomic E-state index is -4.43. The lowest BCUT2D eigenvalue weighted by Gasteiger charge is -2.18. The van der Waals surface area contributed by atoms with E-state index in [-0.39, 0.29) is 17.9 Å². The molecule has 0 aliphatic rings. The number of amides is 1. The van der Waals surface area contributed by atoms with Crippen molar-refractivity contribution >= 4 is 11.6 Å². The quantitative estimate of drug-likeness (QED) is 0.730. The zero-order valence-corrected chi connectivity index (χ0v) is 14.9. The van der Waals surface area contributed by atoms with Gasteiger partial charge >= 0.3 is 6.18 Å². The molecule has 0 aromatic heterocycles. The van der Waals surface area contributed by atoms with Crippen LogP contribution in [0.1, 0.15) is 42.9 Å². The van der Waals surface area contributed by atoms with Crippen molar-refractivity contribution in [2.24, 2.45) is 0 Å². The van der Waals surface area contributed by atoms with E-state index >= 15 is 0 Å². The second-order valence-corrected chi connectivity index (χ2v) is 6.18. The van der Waals surface area contributed by atoms with Crippen LogP contribution in [0.25, 0.3) is 0 Å². The van der Waals surface area contributed by atoms with E-state index in [2.05, 4.69) is 10.6 Å². The number of anilines is 1. The summed E-state index contributed by atoms with van der Waals surface area (Å²) in [6, 6.07) is 12.8. The van der Waals surface area contributed by atoms with Gasteiger partial charge in [-0.3, -0.25) is 4.79 Å². The maximum Gasteiger partial charge on any atom is 0.416 e. The van der Waals surface area contributed by atoms with Gasteiger partial charge in [0, 0.05) is 18.7 Å². The number of halogens is 3. The fourth-order valence-corrected chi connectivity index (χ4v) is 2.83. The van der Waals surface area contributed by atoms with Gasteiger partial charge in [0.25, 0.3) is 0 Å². The Morgan fingerprint density at radius 3 is 2.42 bits per heavy atom. The van der Waals surface area contributed by atoms with Crippen LogP contribution in [0.3, 0.4) is 0 Å². The van der Waals surface area contributed by atoms with Crippen molar-refractivity contribution in [3.05, 3.63) is 65.2 Å². The highest BCUT2D eigenvalue weighted by molar-refractivity contribution is 5.92. The lowest BCUT2D eigenvalue weighted by molar-refractivity contribution is -0.138. The number of carbonyl (C=O) groups excluding carboxylic acids is 1. The number of nitrogens with one attached hydrogen (secondary N) is 2. The highest BCUT2D eigenvalue weighted by Gasteiger charge is 2.34. The van der Waals surface area contributed by atoms with Crippen molar-refractivity contribution in [3.8, 4) is 0 Å². The number of benzene rings is 2. The number of hydrogen-bond donors (Lipinski definition) is 2. The molecule has 2 rings (SSSR count). The van der Waals surface area contributed by atoms with E-state index in [9.17, 15) is 18.0 Å². The first kappa shape index (κ1) is 20.0. The van der Waals surface area contributed by atoms with E-state index in [0.717, 1.165) is 18.2 Å². The Morgan fingerprint density at radius 2 is 1.73 bits per heavy atom. The Labute approximate surface area is 151 Å². The molecular weight excluding hydrogens is 341 g/mol. The minimum absolute atomic E-state index is 0.0252. The number of para-hydroxylation sites is 1. The molecule has 0 saturated heterocycles. The van der Waals surface area contributed by atoms with Crippen molar-refractivity contribution in [2.45, 2.75) is 38.9 Å². The van der Waals surface area contributed by atoms with Crippen LogP contribution < -0.4 is 10.6 Å². The van der Waals surface area contributed by atoms with E-state index in [4.69, 9.17) is 0 Å². The van der Waals surface area contributed by atoms with Crippen LogP contribution in [0.15, 0.2) is 48.5 Å². The molecule has 0 bridgehead atoms. The molecule has 1 amide bonds. The topological polar surface area (TPSA) is 41.1 Å². The van der Waals surface area contributed by atoms with Crippen LogP contribution in [0.2, 0.25) is 0 Å². The number of hydrogen-bond acceptors (Lipinski definition) is 2. The third-order valence-electron chi connectivity index (χ3n) is 4.15. The first-order chi connectivity index (χ1) is 12.3. The van der Waals surface area contributed by atoms with E-state index in [1.165, 1.54) is 12.1 Å². The summed E-state index contributed by atoms with van der Waals surface area (Å²) in [5.41, 5.74) is 1.06. The molecule has 0 spiro atoms. The van der Waals surface area contributed by atoms with Crippen LogP contribution >= 0.6 is 0 Å². The first-order valence-corrected chi connectivity index (χ1v) is 8.57. The number of alkyl halides is 3. The van der Waals surface area contributed by atoms with Crippen molar-refractivity contribution in [1.29, 1.82) is 0 Å². The van der Waals surface area contributed by atoms with E-state index in [1.807, 2.05) is 25.1 Å². The molecule has 2 aromatic carbocycles. The van der Waals surface area contributed by atoms with Crippen LogP contribution in [0.5, 0.6) is 0 Å². The van der Waals surface area contributed by atoms with Crippen molar-refractivity contribution in [3.63, 3.8) is 0 Å². The van der Waals surface area contributed by atoms with Crippen LogP contribution in [0.4, 0.5) is 18.9 Å². The smallest absolute Gasteiger partial charge is 0.326 e. The lowest BCUT2D eigenvalue weighted by atomic mass is 9.92. The molecule has 3 nitrogen and oxygen atoms in total. The second kappa shape index (κ2) is 8.85. The average molecular weight is 364 g/mol. The van der Waals surface area contributed by atoms with Crippen LogP contribution in [-0.4, -0.2) is 12.5 Å². The summed E-state index contributed by atoms with van der Waals surface area (Å²) in [5.74, 6) is -0.854. The molecule has 0 aliphatic carbocycles. The van der Waals surface area contributed by atoms with Gasteiger partial charge < -0.3 is 10.6 Å². The predicted molar refractivity (Wildman–Crippen MR) is 96.9 cm³/mol. The summed E-state index contributed by atoms with van der Waals surface area (Å²) in [7, 11) is 0. The van der Waals surface area contributed by atoms with Gasteiger partial charge in [0.1, 0.15) is 0 Å². The first-order valence-electron chi connectivity index (χ1n) is 8.57. The maximum atomic E-state index is 13.2. The Kier molecular flexibility index (Phi) is 6.80. The summed E-state index contributed by atoms with van der Waals surface area (Å²) in [4.78, 5) is 12.4. The standard InChI is InChI=1S/C20H23F3N2O/c1-3-24-13-15-8-4-7-11-18(15)25-19(26)12-14(2)16-9-5-6-10-17(16)20(21,22)23/h4-11,14,24H,3,12-13H2,1-2H3,(H,25,26). The summed E-state index contributed by atoms with van der Waals surface area (Å²) in [6.07, 6.45) is -4.46. The molecule has 1 atom stereocenters. The minimum Gasteiger partial charge on any atom is -0.326 e. The Balaban J connectivity index is 2.10. The largest absolute Gasteiger partial charge is 0.416 e. The van der Waals surface area contributed by atoms with Gasteiger partial charge in [0.15, 0.2) is 0 Å². The maximum absolute atomic E-state index is 13.2. The van der Waals surface area contributed by atoms with Gasteiger partial charge in [-0.2, -0.15) is 13.2 Å². The van der Waals surface area contributed by atoms with Crippen LogP contribution in [0, 0.1) is 0 Å². The SMILES string of the molecule is CCNCc1ccccc1NC(=O)CC(C)c1ccccc1C(F)(F)F. The van der Waals surface area contributed by atoms with Crippen molar-refractivity contribution in [1.82, 2.24) is 5.32 Å². The summed E-state index contributed by atoms with van der Waals surface area (Å²) < 4.78 is 39.5. The molecule has 1 unspecified atom stereocenters. The zero-order chi connectivity index (χ0) is 19.2. The molecule has 0 heterocycles. The highest BCUT2D eigenvalue weighted by atomic mass is 19.4.